The number of rotatable bonds is 5. The third-order valence-electron chi connectivity index (χ3n) is 3.45. The van der Waals surface area contributed by atoms with Crippen molar-refractivity contribution in [2.75, 3.05) is 6.61 Å². The molecule has 0 saturated heterocycles. The summed E-state index contributed by atoms with van der Waals surface area (Å²) < 4.78 is 12.3. The van der Waals surface area contributed by atoms with Crippen LogP contribution in [0.1, 0.15) is 50.8 Å². The summed E-state index contributed by atoms with van der Waals surface area (Å²) in [4.78, 5) is 28.6. The molecule has 136 valence electrons. The number of imidazole rings is 1. The van der Waals surface area contributed by atoms with E-state index in [0.29, 0.717) is 35.6 Å². The van der Waals surface area contributed by atoms with Crippen molar-refractivity contribution in [2.45, 2.75) is 53.3 Å². The Labute approximate surface area is 147 Å². The van der Waals surface area contributed by atoms with Gasteiger partial charge in [0.25, 0.3) is 0 Å². The zero-order valence-corrected chi connectivity index (χ0v) is 15.4. The van der Waals surface area contributed by atoms with E-state index in [1.165, 1.54) is 0 Å². The highest BCUT2D eigenvalue weighted by atomic mass is 16.6. The topological polar surface area (TPSA) is 82.4 Å². The van der Waals surface area contributed by atoms with Crippen LogP contribution in [-0.2, 0) is 22.6 Å². The maximum Gasteiger partial charge on any atom is 0.408 e. The van der Waals surface area contributed by atoms with Crippen LogP contribution in [0.5, 0.6) is 0 Å². The zero-order chi connectivity index (χ0) is 18.6. The summed E-state index contributed by atoms with van der Waals surface area (Å²) in [6.45, 7) is 10.3. The van der Waals surface area contributed by atoms with Crippen LogP contribution in [0, 0.1) is 0 Å². The summed E-state index contributed by atoms with van der Waals surface area (Å²) in [5.74, 6) is 0.273. The van der Waals surface area contributed by atoms with Crippen molar-refractivity contribution in [3.8, 4) is 0 Å². The van der Waals surface area contributed by atoms with Gasteiger partial charge in [-0.3, -0.25) is 0 Å². The molecular weight excluding hydrogens is 322 g/mol. The number of hydrogen-bond acceptors (Lipinski definition) is 5. The first-order valence-electron chi connectivity index (χ1n) is 8.39. The van der Waals surface area contributed by atoms with E-state index in [2.05, 4.69) is 10.3 Å². The van der Waals surface area contributed by atoms with E-state index < -0.39 is 11.7 Å². The van der Waals surface area contributed by atoms with E-state index in [4.69, 9.17) is 9.47 Å². The molecule has 2 rings (SSSR count). The molecule has 7 nitrogen and oxygen atoms in total. The van der Waals surface area contributed by atoms with Gasteiger partial charge in [-0.05, 0) is 46.8 Å². The molecule has 1 aromatic heterocycles. The molecule has 0 unspecified atom stereocenters. The van der Waals surface area contributed by atoms with E-state index in [0.717, 1.165) is 0 Å². The van der Waals surface area contributed by atoms with Crippen molar-refractivity contribution >= 4 is 23.1 Å². The molecule has 1 N–H and O–H groups in total. The normalized spacial score (nSPS) is 11.4. The minimum absolute atomic E-state index is 0.208. The van der Waals surface area contributed by atoms with Crippen molar-refractivity contribution in [3.05, 3.63) is 29.6 Å². The lowest BCUT2D eigenvalue weighted by Gasteiger charge is -2.19. The molecule has 7 heteroatoms. The van der Waals surface area contributed by atoms with Crippen molar-refractivity contribution in [1.82, 2.24) is 14.9 Å². The summed E-state index contributed by atoms with van der Waals surface area (Å²) >= 11 is 0. The van der Waals surface area contributed by atoms with Crippen molar-refractivity contribution in [2.24, 2.45) is 0 Å². The number of ether oxygens (including phenoxy) is 2. The van der Waals surface area contributed by atoms with Crippen molar-refractivity contribution in [1.29, 1.82) is 0 Å². The highest BCUT2D eigenvalue weighted by Gasteiger charge is 2.20. The van der Waals surface area contributed by atoms with Crippen LogP contribution in [0.25, 0.3) is 11.0 Å². The Morgan fingerprint density at radius 3 is 2.56 bits per heavy atom. The quantitative estimate of drug-likeness (QED) is 0.840. The van der Waals surface area contributed by atoms with E-state index in [1.54, 1.807) is 39.8 Å². The summed E-state index contributed by atoms with van der Waals surface area (Å²) in [7, 11) is 0. The number of hydrogen-bond donors (Lipinski definition) is 1. The Hall–Kier alpha value is -2.57. The standard InChI is InChI=1S/C18H25N3O4/c1-6-21-14(11-19-17(23)25-18(3,4)5)20-13-10-8-9-12(15(13)21)16(22)24-7-2/h8-10H,6-7,11H2,1-5H3,(H,19,23). The summed E-state index contributed by atoms with van der Waals surface area (Å²) in [6, 6.07) is 5.33. The minimum Gasteiger partial charge on any atom is -0.462 e. The van der Waals surface area contributed by atoms with Gasteiger partial charge in [-0.1, -0.05) is 6.07 Å². The van der Waals surface area contributed by atoms with Gasteiger partial charge in [0.05, 0.1) is 29.7 Å². The van der Waals surface area contributed by atoms with Crippen molar-refractivity contribution in [3.63, 3.8) is 0 Å². The van der Waals surface area contributed by atoms with Gasteiger partial charge >= 0.3 is 12.1 Å². The number of alkyl carbamates (subject to hydrolysis) is 1. The fourth-order valence-electron chi connectivity index (χ4n) is 2.55. The molecule has 2 aromatic rings. The van der Waals surface area contributed by atoms with Crippen LogP contribution < -0.4 is 5.32 Å². The van der Waals surface area contributed by atoms with E-state index >= 15 is 0 Å². The number of aryl methyl sites for hydroxylation is 1. The molecule has 1 aromatic carbocycles. The monoisotopic (exact) mass is 347 g/mol. The third kappa shape index (κ3) is 4.49. The number of aromatic nitrogens is 2. The average molecular weight is 347 g/mol. The number of carbonyl (C=O) groups excluding carboxylic acids is 2. The Bertz CT molecular complexity index is 774. The number of amides is 1. The predicted octanol–water partition coefficient (Wildman–Crippen LogP) is 3.26. The van der Waals surface area contributed by atoms with Crippen LogP contribution in [-0.4, -0.2) is 33.8 Å². The molecule has 25 heavy (non-hydrogen) atoms. The summed E-state index contributed by atoms with van der Waals surface area (Å²) in [6.07, 6.45) is -0.507. The first-order valence-corrected chi connectivity index (χ1v) is 8.39. The van der Waals surface area contributed by atoms with Gasteiger partial charge in [0.2, 0.25) is 0 Å². The molecule has 0 atom stereocenters. The molecule has 0 aliphatic rings. The fourth-order valence-corrected chi connectivity index (χ4v) is 2.55. The molecule has 0 radical (unpaired) electrons. The van der Waals surface area contributed by atoms with Gasteiger partial charge in [0.1, 0.15) is 11.4 Å². The summed E-state index contributed by atoms with van der Waals surface area (Å²) in [5.41, 5.74) is 1.31. The SMILES string of the molecule is CCOC(=O)c1cccc2nc(CNC(=O)OC(C)(C)C)n(CC)c12. The van der Waals surface area contributed by atoms with Gasteiger partial charge in [-0.2, -0.15) is 0 Å². The number of nitrogens with zero attached hydrogens (tertiary/aromatic N) is 2. The van der Waals surface area contributed by atoms with Gasteiger partial charge in [-0.15, -0.1) is 0 Å². The lowest BCUT2D eigenvalue weighted by Crippen LogP contribution is -2.32. The molecule has 0 aliphatic carbocycles. The Balaban J connectivity index is 2.31. The number of carbonyl (C=O) groups is 2. The molecule has 0 fully saturated rings. The second-order valence-corrected chi connectivity index (χ2v) is 6.52. The Morgan fingerprint density at radius 1 is 1.24 bits per heavy atom. The Kier molecular flexibility index (Phi) is 5.66. The zero-order valence-electron chi connectivity index (χ0n) is 15.4. The summed E-state index contributed by atoms with van der Waals surface area (Å²) in [5, 5.41) is 2.70. The number of esters is 1. The lowest BCUT2D eigenvalue weighted by atomic mass is 10.2. The van der Waals surface area contributed by atoms with Crippen molar-refractivity contribution < 1.29 is 19.1 Å². The van der Waals surface area contributed by atoms with Crippen LogP contribution in [0.2, 0.25) is 0 Å². The molecule has 0 saturated carbocycles. The lowest BCUT2D eigenvalue weighted by molar-refractivity contribution is 0.0513. The first kappa shape index (κ1) is 18.8. The maximum absolute atomic E-state index is 12.2. The first-order chi connectivity index (χ1) is 11.8. The highest BCUT2D eigenvalue weighted by Crippen LogP contribution is 2.22. The number of fused-ring (bicyclic) bond motifs is 1. The molecule has 0 spiro atoms. The third-order valence-corrected chi connectivity index (χ3v) is 3.45. The van der Waals surface area contributed by atoms with E-state index in [1.807, 2.05) is 17.6 Å². The number of nitrogens with one attached hydrogen (secondary N) is 1. The molecular formula is C18H25N3O4. The second-order valence-electron chi connectivity index (χ2n) is 6.52. The van der Waals surface area contributed by atoms with Gasteiger partial charge in [0.15, 0.2) is 0 Å². The molecule has 0 aliphatic heterocycles. The van der Waals surface area contributed by atoms with Gasteiger partial charge in [0, 0.05) is 6.54 Å². The number of benzene rings is 1. The minimum atomic E-state index is -0.563. The van der Waals surface area contributed by atoms with Crippen LogP contribution >= 0.6 is 0 Å². The molecule has 1 amide bonds. The van der Waals surface area contributed by atoms with E-state index in [-0.39, 0.29) is 12.5 Å². The second kappa shape index (κ2) is 7.55. The molecule has 1 heterocycles. The smallest absolute Gasteiger partial charge is 0.408 e. The van der Waals surface area contributed by atoms with Crippen LogP contribution in [0.3, 0.4) is 0 Å². The van der Waals surface area contributed by atoms with Crippen LogP contribution in [0.15, 0.2) is 18.2 Å². The highest BCUT2D eigenvalue weighted by molar-refractivity contribution is 6.02. The fraction of sp³-hybridized carbons (Fsp3) is 0.500. The van der Waals surface area contributed by atoms with E-state index in [9.17, 15) is 9.59 Å². The van der Waals surface area contributed by atoms with Gasteiger partial charge in [-0.25, -0.2) is 14.6 Å². The predicted molar refractivity (Wildman–Crippen MR) is 94.4 cm³/mol. The number of para-hydroxylation sites is 1. The Morgan fingerprint density at radius 2 is 1.96 bits per heavy atom. The average Bonchev–Trinajstić information content (AvgIpc) is 2.88. The molecule has 0 bridgehead atoms. The van der Waals surface area contributed by atoms with Gasteiger partial charge < -0.3 is 19.4 Å². The largest absolute Gasteiger partial charge is 0.462 e. The maximum atomic E-state index is 12.2. The van der Waals surface area contributed by atoms with Crippen LogP contribution in [0.4, 0.5) is 4.79 Å².